The number of thiophene rings is 1. The normalized spacial score (nSPS) is 11.5. The molecule has 30 heavy (non-hydrogen) atoms. The van der Waals surface area contributed by atoms with Crippen molar-refractivity contribution < 1.29 is 19.1 Å². The summed E-state index contributed by atoms with van der Waals surface area (Å²) in [5, 5.41) is 2.04. The molecule has 3 rings (SSSR count). The maximum Gasteiger partial charge on any atom is 0.261 e. The molecule has 2 aromatic carbocycles. The van der Waals surface area contributed by atoms with Crippen LogP contribution in [-0.2, 0) is 17.8 Å². The average Bonchev–Trinajstić information content (AvgIpc) is 3.29. The van der Waals surface area contributed by atoms with Crippen molar-refractivity contribution in [3.05, 3.63) is 82.0 Å². The minimum atomic E-state index is -0.129. The van der Waals surface area contributed by atoms with Gasteiger partial charge in [0.1, 0.15) is 11.5 Å². The molecule has 0 aliphatic carbocycles. The van der Waals surface area contributed by atoms with E-state index < -0.39 is 0 Å². The molecule has 1 heterocycles. The summed E-state index contributed by atoms with van der Waals surface area (Å²) in [6, 6.07) is 18.7. The van der Waals surface area contributed by atoms with E-state index in [1.54, 1.807) is 42.7 Å². The maximum absolute atomic E-state index is 13.1. The molecule has 5 nitrogen and oxygen atoms in total. The number of carbonyl (C=O) groups excluding carboxylic acids is 2. The molecule has 0 bridgehead atoms. The van der Waals surface area contributed by atoms with Gasteiger partial charge in [0.15, 0.2) is 12.9 Å². The van der Waals surface area contributed by atoms with Crippen molar-refractivity contribution in [3.63, 3.8) is 0 Å². The summed E-state index contributed by atoms with van der Waals surface area (Å²) in [7, 11) is 1.63. The molecular formula is C24H25NO4S. The lowest BCUT2D eigenvalue weighted by atomic mass is 10.1. The standard InChI is InChI=1S/C24H25NO4S/c1-18(14-22-7-5-13-30-22)25(15-19-9-11-21(28-2)12-10-19)24(27)17-29-23-8-4-3-6-20(23)16-26/h3-13,16,18H,14-15,17H2,1-2H3/t18-/m0/s1. The third-order valence-corrected chi connectivity index (χ3v) is 5.74. The lowest BCUT2D eigenvalue weighted by Gasteiger charge is -2.29. The number of ether oxygens (including phenoxy) is 2. The van der Waals surface area contributed by atoms with Crippen molar-refractivity contribution in [2.24, 2.45) is 0 Å². The molecule has 1 atom stereocenters. The molecule has 0 saturated heterocycles. The minimum absolute atomic E-state index is 0.0110. The van der Waals surface area contributed by atoms with E-state index >= 15 is 0 Å². The predicted octanol–water partition coefficient (Wildman–Crippen LogP) is 4.61. The molecule has 3 aromatic rings. The van der Waals surface area contributed by atoms with E-state index in [1.165, 1.54) is 4.88 Å². The number of benzene rings is 2. The number of hydrogen-bond acceptors (Lipinski definition) is 5. The van der Waals surface area contributed by atoms with Gasteiger partial charge < -0.3 is 14.4 Å². The van der Waals surface area contributed by atoms with Gasteiger partial charge in [-0.05, 0) is 48.2 Å². The fourth-order valence-electron chi connectivity index (χ4n) is 3.18. The van der Waals surface area contributed by atoms with Gasteiger partial charge in [0, 0.05) is 23.9 Å². The van der Waals surface area contributed by atoms with Gasteiger partial charge in [0.25, 0.3) is 5.91 Å². The second kappa shape index (κ2) is 10.6. The zero-order valence-electron chi connectivity index (χ0n) is 17.1. The van der Waals surface area contributed by atoms with Crippen LogP contribution in [0.5, 0.6) is 11.5 Å². The van der Waals surface area contributed by atoms with E-state index in [2.05, 4.69) is 6.07 Å². The fraction of sp³-hybridized carbons (Fsp3) is 0.250. The van der Waals surface area contributed by atoms with Crippen LogP contribution in [0.2, 0.25) is 0 Å². The van der Waals surface area contributed by atoms with Crippen LogP contribution in [0.3, 0.4) is 0 Å². The van der Waals surface area contributed by atoms with Crippen molar-refractivity contribution >= 4 is 23.5 Å². The summed E-state index contributed by atoms with van der Waals surface area (Å²) >= 11 is 1.68. The third-order valence-electron chi connectivity index (χ3n) is 4.84. The largest absolute Gasteiger partial charge is 0.497 e. The van der Waals surface area contributed by atoms with E-state index in [9.17, 15) is 9.59 Å². The second-order valence-corrected chi connectivity index (χ2v) is 7.98. The summed E-state index contributed by atoms with van der Waals surface area (Å²) in [5.41, 5.74) is 1.44. The highest BCUT2D eigenvalue weighted by atomic mass is 32.1. The van der Waals surface area contributed by atoms with Crippen LogP contribution in [0.4, 0.5) is 0 Å². The van der Waals surface area contributed by atoms with Crippen molar-refractivity contribution in [1.82, 2.24) is 4.90 Å². The third kappa shape index (κ3) is 5.70. The Hall–Kier alpha value is -3.12. The van der Waals surface area contributed by atoms with E-state index in [0.29, 0.717) is 17.9 Å². The van der Waals surface area contributed by atoms with Crippen LogP contribution < -0.4 is 9.47 Å². The minimum Gasteiger partial charge on any atom is -0.497 e. The molecule has 0 aliphatic heterocycles. The Morgan fingerprint density at radius 1 is 1.10 bits per heavy atom. The van der Waals surface area contributed by atoms with Gasteiger partial charge in [-0.2, -0.15) is 0 Å². The number of methoxy groups -OCH3 is 1. The molecule has 0 fully saturated rings. The molecule has 0 aliphatic rings. The lowest BCUT2D eigenvalue weighted by Crippen LogP contribution is -2.41. The number of para-hydroxylation sites is 1. The van der Waals surface area contributed by atoms with Crippen molar-refractivity contribution in [2.75, 3.05) is 13.7 Å². The summed E-state index contributed by atoms with van der Waals surface area (Å²) in [6.07, 6.45) is 1.50. The summed E-state index contributed by atoms with van der Waals surface area (Å²) in [5.74, 6) is 1.06. The topological polar surface area (TPSA) is 55.8 Å². The van der Waals surface area contributed by atoms with Gasteiger partial charge in [0.05, 0.1) is 12.7 Å². The van der Waals surface area contributed by atoms with Crippen LogP contribution in [0.25, 0.3) is 0 Å². The van der Waals surface area contributed by atoms with Gasteiger partial charge >= 0.3 is 0 Å². The van der Waals surface area contributed by atoms with E-state index in [1.807, 2.05) is 47.5 Å². The average molecular weight is 424 g/mol. The number of amides is 1. The number of hydrogen-bond donors (Lipinski definition) is 0. The van der Waals surface area contributed by atoms with E-state index in [0.717, 1.165) is 24.0 Å². The Balaban J connectivity index is 1.74. The smallest absolute Gasteiger partial charge is 0.261 e. The first-order valence-corrected chi connectivity index (χ1v) is 10.6. The summed E-state index contributed by atoms with van der Waals surface area (Å²) in [6.45, 7) is 2.38. The molecule has 0 spiro atoms. The zero-order chi connectivity index (χ0) is 21.3. The Morgan fingerprint density at radius 3 is 2.53 bits per heavy atom. The highest BCUT2D eigenvalue weighted by Crippen LogP contribution is 2.20. The Morgan fingerprint density at radius 2 is 1.87 bits per heavy atom. The number of rotatable bonds is 10. The van der Waals surface area contributed by atoms with Crippen molar-refractivity contribution in [3.8, 4) is 11.5 Å². The second-order valence-electron chi connectivity index (χ2n) is 6.95. The van der Waals surface area contributed by atoms with E-state index in [-0.39, 0.29) is 18.6 Å². The van der Waals surface area contributed by atoms with Crippen molar-refractivity contribution in [2.45, 2.75) is 25.9 Å². The van der Waals surface area contributed by atoms with Crippen LogP contribution >= 0.6 is 11.3 Å². The van der Waals surface area contributed by atoms with Gasteiger partial charge in [-0.15, -0.1) is 11.3 Å². The van der Waals surface area contributed by atoms with Gasteiger partial charge in [-0.1, -0.05) is 30.3 Å². The molecule has 1 aromatic heterocycles. The quantitative estimate of drug-likeness (QED) is 0.447. The van der Waals surface area contributed by atoms with Gasteiger partial charge in [-0.3, -0.25) is 9.59 Å². The first-order valence-electron chi connectivity index (χ1n) is 9.72. The number of aldehydes is 1. The van der Waals surface area contributed by atoms with Crippen LogP contribution in [-0.4, -0.2) is 36.9 Å². The fourth-order valence-corrected chi connectivity index (χ4v) is 4.01. The highest BCUT2D eigenvalue weighted by molar-refractivity contribution is 7.09. The molecule has 6 heteroatoms. The first kappa shape index (κ1) is 21.6. The van der Waals surface area contributed by atoms with Gasteiger partial charge in [-0.25, -0.2) is 0 Å². The highest BCUT2D eigenvalue weighted by Gasteiger charge is 2.22. The molecule has 0 unspecified atom stereocenters. The van der Waals surface area contributed by atoms with Crippen LogP contribution in [0, 0.1) is 0 Å². The number of carbonyl (C=O) groups is 2. The zero-order valence-corrected chi connectivity index (χ0v) is 17.9. The number of nitrogens with zero attached hydrogens (tertiary/aromatic N) is 1. The first-order chi connectivity index (χ1) is 14.6. The SMILES string of the molecule is COc1ccc(CN(C(=O)COc2ccccc2C=O)[C@@H](C)Cc2cccs2)cc1. The summed E-state index contributed by atoms with van der Waals surface area (Å²) < 4.78 is 10.9. The maximum atomic E-state index is 13.1. The predicted molar refractivity (Wildman–Crippen MR) is 118 cm³/mol. The van der Waals surface area contributed by atoms with Gasteiger partial charge in [0.2, 0.25) is 0 Å². The molecule has 0 N–H and O–H groups in total. The monoisotopic (exact) mass is 423 g/mol. The lowest BCUT2D eigenvalue weighted by molar-refractivity contribution is -0.136. The molecule has 0 radical (unpaired) electrons. The molecule has 0 saturated carbocycles. The summed E-state index contributed by atoms with van der Waals surface area (Å²) in [4.78, 5) is 27.4. The molecular weight excluding hydrogens is 398 g/mol. The Labute approximate surface area is 180 Å². The molecule has 156 valence electrons. The van der Waals surface area contributed by atoms with Crippen LogP contribution in [0.15, 0.2) is 66.0 Å². The van der Waals surface area contributed by atoms with Crippen molar-refractivity contribution in [1.29, 1.82) is 0 Å². The molecule has 1 amide bonds. The Kier molecular flexibility index (Phi) is 7.63. The van der Waals surface area contributed by atoms with Crippen LogP contribution in [0.1, 0.15) is 27.7 Å². The van der Waals surface area contributed by atoms with E-state index in [4.69, 9.17) is 9.47 Å². The Bertz CT molecular complexity index is 954.